The molecule has 3 rings (SSSR count). The van der Waals surface area contributed by atoms with Crippen LogP contribution in [0.25, 0.3) is 0 Å². The van der Waals surface area contributed by atoms with E-state index >= 15 is 0 Å². The van der Waals surface area contributed by atoms with Crippen LogP contribution in [0.3, 0.4) is 0 Å². The molecule has 3 heteroatoms. The number of benzene rings is 1. The summed E-state index contributed by atoms with van der Waals surface area (Å²) in [5.41, 5.74) is 2.67. The second kappa shape index (κ2) is 5.39. The SMILES string of the molecule is C=C1CCC2(C[C@H]1Cc1ccccc1Br)OCCO2. The van der Waals surface area contributed by atoms with Gasteiger partial charge >= 0.3 is 0 Å². The van der Waals surface area contributed by atoms with Crippen molar-refractivity contribution in [2.75, 3.05) is 13.2 Å². The van der Waals surface area contributed by atoms with Crippen LogP contribution in [-0.4, -0.2) is 19.0 Å². The number of halogens is 1. The van der Waals surface area contributed by atoms with Crippen LogP contribution in [0, 0.1) is 5.92 Å². The maximum Gasteiger partial charge on any atom is 0.169 e. The summed E-state index contributed by atoms with van der Waals surface area (Å²) in [6.45, 7) is 5.71. The van der Waals surface area contributed by atoms with E-state index in [1.165, 1.54) is 15.6 Å². The first-order valence-electron chi connectivity index (χ1n) is 6.87. The van der Waals surface area contributed by atoms with Crippen molar-refractivity contribution in [2.24, 2.45) is 5.92 Å². The molecule has 19 heavy (non-hydrogen) atoms. The highest BCUT2D eigenvalue weighted by Gasteiger charge is 2.42. The topological polar surface area (TPSA) is 18.5 Å². The zero-order valence-electron chi connectivity index (χ0n) is 11.0. The fraction of sp³-hybridized carbons (Fsp3) is 0.500. The lowest BCUT2D eigenvalue weighted by Crippen LogP contribution is -2.37. The molecule has 1 aromatic carbocycles. The van der Waals surface area contributed by atoms with E-state index in [-0.39, 0.29) is 5.79 Å². The van der Waals surface area contributed by atoms with Crippen molar-refractivity contribution in [3.63, 3.8) is 0 Å². The molecule has 1 saturated carbocycles. The minimum atomic E-state index is -0.326. The summed E-state index contributed by atoms with van der Waals surface area (Å²) in [4.78, 5) is 0. The quantitative estimate of drug-likeness (QED) is 0.763. The molecule has 1 heterocycles. The molecule has 0 amide bonds. The summed E-state index contributed by atoms with van der Waals surface area (Å²) >= 11 is 3.63. The number of hydrogen-bond donors (Lipinski definition) is 0. The van der Waals surface area contributed by atoms with Gasteiger partial charge in [-0.2, -0.15) is 0 Å². The number of ether oxygens (including phenoxy) is 2. The largest absolute Gasteiger partial charge is 0.348 e. The average Bonchev–Trinajstić information content (AvgIpc) is 2.85. The van der Waals surface area contributed by atoms with Gasteiger partial charge in [0, 0.05) is 17.3 Å². The highest BCUT2D eigenvalue weighted by atomic mass is 79.9. The van der Waals surface area contributed by atoms with Crippen LogP contribution in [0.4, 0.5) is 0 Å². The molecule has 0 radical (unpaired) electrons. The second-order valence-corrected chi connectivity index (χ2v) is 6.32. The molecular weight excluding hydrogens is 304 g/mol. The van der Waals surface area contributed by atoms with Crippen molar-refractivity contribution >= 4 is 15.9 Å². The van der Waals surface area contributed by atoms with Crippen molar-refractivity contribution in [1.29, 1.82) is 0 Å². The molecule has 2 nitrogen and oxygen atoms in total. The number of rotatable bonds is 2. The van der Waals surface area contributed by atoms with E-state index in [0.29, 0.717) is 5.92 Å². The Bertz CT molecular complexity index is 477. The van der Waals surface area contributed by atoms with E-state index in [1.807, 2.05) is 6.07 Å². The maximum atomic E-state index is 5.85. The van der Waals surface area contributed by atoms with E-state index in [4.69, 9.17) is 9.47 Å². The Morgan fingerprint density at radius 2 is 2.00 bits per heavy atom. The second-order valence-electron chi connectivity index (χ2n) is 5.46. The average molecular weight is 323 g/mol. The molecule has 0 unspecified atom stereocenters. The first-order chi connectivity index (χ1) is 9.19. The van der Waals surface area contributed by atoms with Gasteiger partial charge < -0.3 is 9.47 Å². The summed E-state index contributed by atoms with van der Waals surface area (Å²) < 4.78 is 12.9. The van der Waals surface area contributed by atoms with Crippen molar-refractivity contribution < 1.29 is 9.47 Å². The van der Waals surface area contributed by atoms with E-state index < -0.39 is 0 Å². The first-order valence-corrected chi connectivity index (χ1v) is 7.67. The van der Waals surface area contributed by atoms with E-state index in [1.54, 1.807) is 0 Å². The van der Waals surface area contributed by atoms with Gasteiger partial charge in [-0.3, -0.25) is 0 Å². The highest BCUT2D eigenvalue weighted by molar-refractivity contribution is 9.10. The summed E-state index contributed by atoms with van der Waals surface area (Å²) in [6.07, 6.45) is 3.91. The van der Waals surface area contributed by atoms with E-state index in [0.717, 1.165) is 38.9 Å². The molecule has 0 bridgehead atoms. The smallest absolute Gasteiger partial charge is 0.169 e. The third-order valence-electron chi connectivity index (χ3n) is 4.20. The van der Waals surface area contributed by atoms with Gasteiger partial charge in [-0.25, -0.2) is 0 Å². The highest BCUT2D eigenvalue weighted by Crippen LogP contribution is 2.42. The van der Waals surface area contributed by atoms with Gasteiger partial charge in [-0.15, -0.1) is 0 Å². The lowest BCUT2D eigenvalue weighted by atomic mass is 9.78. The predicted molar refractivity (Wildman–Crippen MR) is 79.0 cm³/mol. The molecule has 1 aliphatic carbocycles. The fourth-order valence-corrected chi connectivity index (χ4v) is 3.53. The molecule has 1 aliphatic heterocycles. The van der Waals surface area contributed by atoms with Crippen LogP contribution >= 0.6 is 15.9 Å². The van der Waals surface area contributed by atoms with E-state index in [9.17, 15) is 0 Å². The minimum absolute atomic E-state index is 0.326. The Balaban J connectivity index is 1.75. The van der Waals surface area contributed by atoms with Gasteiger partial charge in [-0.1, -0.05) is 46.3 Å². The van der Waals surface area contributed by atoms with Gasteiger partial charge in [0.15, 0.2) is 5.79 Å². The van der Waals surface area contributed by atoms with E-state index in [2.05, 4.69) is 40.7 Å². The Hall–Kier alpha value is -0.640. The summed E-state index contributed by atoms with van der Waals surface area (Å²) in [7, 11) is 0. The lowest BCUT2D eigenvalue weighted by molar-refractivity contribution is -0.179. The molecule has 1 atom stereocenters. The Morgan fingerprint density at radius 3 is 2.74 bits per heavy atom. The monoisotopic (exact) mass is 322 g/mol. The van der Waals surface area contributed by atoms with Crippen molar-refractivity contribution in [3.05, 3.63) is 46.5 Å². The molecule has 0 N–H and O–H groups in total. The zero-order valence-corrected chi connectivity index (χ0v) is 12.6. The minimum Gasteiger partial charge on any atom is -0.348 e. The fourth-order valence-electron chi connectivity index (χ4n) is 3.08. The summed E-state index contributed by atoms with van der Waals surface area (Å²) in [5.74, 6) is 0.123. The van der Waals surface area contributed by atoms with Crippen LogP contribution in [0.15, 0.2) is 40.9 Å². The van der Waals surface area contributed by atoms with Crippen molar-refractivity contribution in [2.45, 2.75) is 31.5 Å². The third kappa shape index (κ3) is 2.78. The van der Waals surface area contributed by atoms with Crippen LogP contribution in [-0.2, 0) is 15.9 Å². The third-order valence-corrected chi connectivity index (χ3v) is 4.97. The zero-order chi connectivity index (χ0) is 13.3. The van der Waals surface area contributed by atoms with Gasteiger partial charge in [0.1, 0.15) is 0 Å². The molecule has 1 aromatic rings. The van der Waals surface area contributed by atoms with Gasteiger partial charge in [0.05, 0.1) is 13.2 Å². The maximum absolute atomic E-state index is 5.85. The Labute approximate surface area is 122 Å². The number of hydrogen-bond acceptors (Lipinski definition) is 2. The van der Waals surface area contributed by atoms with Crippen LogP contribution in [0.2, 0.25) is 0 Å². The number of allylic oxidation sites excluding steroid dienone is 1. The summed E-state index contributed by atoms with van der Waals surface area (Å²) in [5, 5.41) is 0. The van der Waals surface area contributed by atoms with Gasteiger partial charge in [-0.05, 0) is 30.4 Å². The molecular formula is C16H19BrO2. The normalized spacial score (nSPS) is 25.9. The Morgan fingerprint density at radius 1 is 1.26 bits per heavy atom. The first kappa shape index (κ1) is 13.3. The standard InChI is InChI=1S/C16H19BrO2/c1-12-6-7-16(18-8-9-19-16)11-14(12)10-13-4-2-3-5-15(13)17/h2-5,14H,1,6-11H2/t14-/m1/s1. The molecule has 2 fully saturated rings. The van der Waals surface area contributed by atoms with Crippen LogP contribution in [0.5, 0.6) is 0 Å². The van der Waals surface area contributed by atoms with Crippen LogP contribution in [0.1, 0.15) is 24.8 Å². The molecule has 102 valence electrons. The van der Waals surface area contributed by atoms with Crippen molar-refractivity contribution in [3.8, 4) is 0 Å². The van der Waals surface area contributed by atoms with Gasteiger partial charge in [0.2, 0.25) is 0 Å². The van der Waals surface area contributed by atoms with Gasteiger partial charge in [0.25, 0.3) is 0 Å². The predicted octanol–water partition coefficient (Wildman–Crippen LogP) is 4.09. The van der Waals surface area contributed by atoms with Crippen molar-refractivity contribution in [1.82, 2.24) is 0 Å². The summed E-state index contributed by atoms with van der Waals surface area (Å²) in [6, 6.07) is 8.41. The lowest BCUT2D eigenvalue weighted by Gasteiger charge is -2.37. The van der Waals surface area contributed by atoms with Crippen LogP contribution < -0.4 is 0 Å². The molecule has 1 spiro atoms. The molecule has 2 aliphatic rings. The molecule has 1 saturated heterocycles. The molecule has 0 aromatic heterocycles. The Kier molecular flexibility index (Phi) is 3.79.